The summed E-state index contributed by atoms with van der Waals surface area (Å²) < 4.78 is 39.2. The number of ether oxygens (including phenoxy) is 7. The number of aromatic hydroxyl groups is 2. The third-order valence-corrected chi connectivity index (χ3v) is 7.89. The van der Waals surface area contributed by atoms with Gasteiger partial charge in [0.05, 0.1) is 33.0 Å². The number of hydrogen-bond donors (Lipinski definition) is 10. The van der Waals surface area contributed by atoms with E-state index in [1.807, 2.05) is 0 Å². The standard InChI is InChI=1S/C29H36O17/c1-40-15-3-10(4-16(41-2)20(15)33)27-17(44-29-26(39)24(37)22(35)19(9-31)46-29)7-12-13(32)5-11(6-14(12)43-27)42-28-25(38)23(36)21(34)18(8-30)45-28/h3-7,18-19,21-39H,8-9H2,1-2H3. The van der Waals surface area contributed by atoms with Crippen molar-refractivity contribution < 1.29 is 84.2 Å². The van der Waals surface area contributed by atoms with Gasteiger partial charge in [-0.3, -0.25) is 0 Å². The number of methoxy groups -OCH3 is 2. The van der Waals surface area contributed by atoms with Crippen LogP contribution in [0.4, 0.5) is 0 Å². The third kappa shape index (κ3) is 6.21. The molecule has 3 aliphatic rings. The lowest BCUT2D eigenvalue weighted by molar-refractivity contribution is -0.293. The number of phenols is 2. The summed E-state index contributed by atoms with van der Waals surface area (Å²) in [4.78, 5) is 0. The monoisotopic (exact) mass is 656 g/mol. The fraction of sp³-hybridized carbons (Fsp3) is 0.517. The average molecular weight is 657 g/mol. The van der Waals surface area contributed by atoms with E-state index >= 15 is 0 Å². The molecule has 2 saturated heterocycles. The molecular formula is C29H36O17. The summed E-state index contributed by atoms with van der Waals surface area (Å²) in [6, 6.07) is 5.22. The zero-order valence-electron chi connectivity index (χ0n) is 24.5. The lowest BCUT2D eigenvalue weighted by atomic mass is 9.98. The number of hydrogen-bond acceptors (Lipinski definition) is 17. The molecule has 2 aromatic carbocycles. The van der Waals surface area contributed by atoms with E-state index in [0.717, 1.165) is 6.07 Å². The number of phenolic OH excluding ortho intramolecular Hbond substituents is 2. The van der Waals surface area contributed by atoms with Crippen molar-refractivity contribution in [1.82, 2.24) is 0 Å². The van der Waals surface area contributed by atoms with Gasteiger partial charge >= 0.3 is 0 Å². The summed E-state index contributed by atoms with van der Waals surface area (Å²) in [5.41, 5.74) is 0.294. The van der Waals surface area contributed by atoms with E-state index in [-0.39, 0.29) is 45.6 Å². The number of benzene rings is 2. The predicted octanol–water partition coefficient (Wildman–Crippen LogP) is -2.42. The largest absolute Gasteiger partial charge is 0.507 e. The predicted molar refractivity (Wildman–Crippen MR) is 150 cm³/mol. The highest BCUT2D eigenvalue weighted by Gasteiger charge is 2.47. The summed E-state index contributed by atoms with van der Waals surface area (Å²) in [6.07, 6.45) is -15.9. The Bertz CT molecular complexity index is 1390. The molecule has 254 valence electrons. The summed E-state index contributed by atoms with van der Waals surface area (Å²) in [5.74, 6) is -1.03. The van der Waals surface area contributed by atoms with Crippen LogP contribution in [0.3, 0.4) is 0 Å². The first kappa shape index (κ1) is 33.7. The van der Waals surface area contributed by atoms with E-state index in [4.69, 9.17) is 33.2 Å². The van der Waals surface area contributed by atoms with Gasteiger partial charge in [-0.1, -0.05) is 0 Å². The van der Waals surface area contributed by atoms with E-state index in [2.05, 4.69) is 0 Å². The molecule has 2 fully saturated rings. The topological polar surface area (TPSA) is 267 Å². The van der Waals surface area contributed by atoms with Crippen LogP contribution >= 0.6 is 0 Å². The third-order valence-electron chi connectivity index (χ3n) is 7.89. The molecule has 0 aliphatic carbocycles. The molecule has 3 heterocycles. The first-order valence-corrected chi connectivity index (χ1v) is 14.1. The van der Waals surface area contributed by atoms with Gasteiger partial charge in [0, 0.05) is 17.7 Å². The summed E-state index contributed by atoms with van der Waals surface area (Å²) in [6.45, 7) is -1.40. The Balaban J connectivity index is 1.53. The van der Waals surface area contributed by atoms with Crippen molar-refractivity contribution >= 4 is 6.08 Å². The molecule has 5 rings (SSSR count). The highest BCUT2D eigenvalue weighted by atomic mass is 16.7. The molecule has 46 heavy (non-hydrogen) atoms. The molecule has 17 nitrogen and oxygen atoms in total. The molecule has 2 aromatic rings. The van der Waals surface area contributed by atoms with Crippen LogP contribution in [0.25, 0.3) is 6.08 Å². The van der Waals surface area contributed by atoms with Crippen molar-refractivity contribution in [3.8, 4) is 34.5 Å². The number of rotatable bonds is 9. The molecule has 0 amide bonds. The van der Waals surface area contributed by atoms with E-state index in [9.17, 15) is 51.1 Å². The molecule has 0 spiro atoms. The molecule has 11 unspecified atom stereocenters. The second-order valence-electron chi connectivity index (χ2n) is 10.8. The lowest BCUT2D eigenvalue weighted by Crippen LogP contribution is -2.60. The van der Waals surface area contributed by atoms with Gasteiger partial charge < -0.3 is 84.2 Å². The van der Waals surface area contributed by atoms with Crippen LogP contribution in [-0.4, -0.2) is 140 Å². The summed E-state index contributed by atoms with van der Waals surface area (Å²) >= 11 is 0. The van der Waals surface area contributed by atoms with Crippen molar-refractivity contribution in [2.24, 2.45) is 0 Å². The molecule has 0 bridgehead atoms. The highest BCUT2D eigenvalue weighted by molar-refractivity contribution is 5.70. The van der Waals surface area contributed by atoms with Crippen molar-refractivity contribution in [1.29, 1.82) is 0 Å². The van der Waals surface area contributed by atoms with Gasteiger partial charge in [0.15, 0.2) is 17.6 Å². The zero-order valence-corrected chi connectivity index (χ0v) is 24.5. The Labute approximate surface area is 261 Å². The maximum atomic E-state index is 11.0. The SMILES string of the molecule is COc1cc(C2Oc3cc(OC4OC(CO)C(O)C(O)C4O)cc(O)c3C=C2OC2OC(CO)C(O)C(O)C2O)cc(OC)c1O. The van der Waals surface area contributed by atoms with E-state index in [1.165, 1.54) is 38.5 Å². The van der Waals surface area contributed by atoms with Crippen LogP contribution in [0, 0.1) is 0 Å². The minimum absolute atomic E-state index is 0.0153. The Morgan fingerprint density at radius 2 is 1.20 bits per heavy atom. The minimum Gasteiger partial charge on any atom is -0.507 e. The maximum absolute atomic E-state index is 11.0. The van der Waals surface area contributed by atoms with Gasteiger partial charge in [-0.05, 0) is 18.2 Å². The molecular weight excluding hydrogens is 620 g/mol. The van der Waals surface area contributed by atoms with Crippen molar-refractivity contribution in [3.63, 3.8) is 0 Å². The van der Waals surface area contributed by atoms with E-state index in [1.54, 1.807) is 0 Å². The number of fused-ring (bicyclic) bond motifs is 1. The van der Waals surface area contributed by atoms with Gasteiger partial charge in [-0.25, -0.2) is 0 Å². The summed E-state index contributed by atoms with van der Waals surface area (Å²) in [7, 11) is 2.61. The Morgan fingerprint density at radius 3 is 1.70 bits per heavy atom. The Kier molecular flexibility index (Phi) is 9.99. The van der Waals surface area contributed by atoms with Crippen LogP contribution in [0.1, 0.15) is 17.2 Å². The lowest BCUT2D eigenvalue weighted by Gasteiger charge is -2.41. The van der Waals surface area contributed by atoms with Crippen LogP contribution in [-0.2, 0) is 14.2 Å². The maximum Gasteiger partial charge on any atom is 0.229 e. The minimum atomic E-state index is -1.78. The molecule has 17 heteroatoms. The van der Waals surface area contributed by atoms with E-state index < -0.39 is 86.5 Å². The molecule has 3 aliphatic heterocycles. The first-order valence-electron chi connectivity index (χ1n) is 14.1. The van der Waals surface area contributed by atoms with Crippen LogP contribution in [0.2, 0.25) is 0 Å². The fourth-order valence-electron chi connectivity index (χ4n) is 5.29. The fourth-order valence-corrected chi connectivity index (χ4v) is 5.29. The smallest absolute Gasteiger partial charge is 0.229 e. The Hall–Kier alpha value is -3.62. The molecule has 0 radical (unpaired) electrons. The molecule has 0 aromatic heterocycles. The van der Waals surface area contributed by atoms with Gasteiger partial charge in [-0.2, -0.15) is 0 Å². The first-order chi connectivity index (χ1) is 21.9. The zero-order chi connectivity index (χ0) is 33.4. The average Bonchev–Trinajstić information content (AvgIpc) is 3.05. The van der Waals surface area contributed by atoms with Crippen molar-refractivity contribution in [3.05, 3.63) is 41.2 Å². The normalized spacial score (nSPS) is 34.1. The molecule has 0 saturated carbocycles. The van der Waals surface area contributed by atoms with Gasteiger partial charge in [0.2, 0.25) is 18.3 Å². The summed E-state index contributed by atoms with van der Waals surface area (Å²) in [5, 5.41) is 102. The van der Waals surface area contributed by atoms with Gasteiger partial charge in [0.1, 0.15) is 71.8 Å². The molecule has 10 N–H and O–H groups in total. The van der Waals surface area contributed by atoms with E-state index in [0.29, 0.717) is 0 Å². The second kappa shape index (κ2) is 13.6. The van der Waals surface area contributed by atoms with Crippen LogP contribution in [0.15, 0.2) is 30.0 Å². The van der Waals surface area contributed by atoms with Gasteiger partial charge in [0.25, 0.3) is 0 Å². The number of aliphatic hydroxyl groups is 8. The van der Waals surface area contributed by atoms with Crippen molar-refractivity contribution in [2.75, 3.05) is 27.4 Å². The van der Waals surface area contributed by atoms with Crippen LogP contribution < -0.4 is 18.9 Å². The quantitative estimate of drug-likeness (QED) is 0.135. The van der Waals surface area contributed by atoms with Crippen molar-refractivity contribution in [2.45, 2.75) is 67.5 Å². The van der Waals surface area contributed by atoms with Crippen LogP contribution in [0.5, 0.6) is 34.5 Å². The highest BCUT2D eigenvalue weighted by Crippen LogP contribution is 2.47. The number of aliphatic hydroxyl groups excluding tert-OH is 8. The Morgan fingerprint density at radius 1 is 0.674 bits per heavy atom. The second-order valence-corrected chi connectivity index (χ2v) is 10.8. The van der Waals surface area contributed by atoms with Gasteiger partial charge in [-0.15, -0.1) is 0 Å². The molecule has 11 atom stereocenters.